The van der Waals surface area contributed by atoms with Crippen LogP contribution >= 0.6 is 0 Å². The van der Waals surface area contributed by atoms with E-state index in [0.29, 0.717) is 5.41 Å². The molecule has 1 rings (SSSR count). The van der Waals surface area contributed by atoms with Crippen LogP contribution in [0.2, 0.25) is 0 Å². The van der Waals surface area contributed by atoms with Crippen LogP contribution in [-0.2, 0) is 0 Å². The molecule has 0 aromatic heterocycles. The van der Waals surface area contributed by atoms with E-state index in [1.807, 2.05) is 0 Å². The maximum atomic E-state index is 5.71. The third kappa shape index (κ3) is 3.58. The summed E-state index contributed by atoms with van der Waals surface area (Å²) in [6.07, 6.45) is 5.34. The Morgan fingerprint density at radius 3 is 2.64 bits per heavy atom. The van der Waals surface area contributed by atoms with Gasteiger partial charge in [-0.3, -0.25) is 0 Å². The molecule has 2 N–H and O–H groups in total. The van der Waals surface area contributed by atoms with Crippen molar-refractivity contribution in [2.45, 2.75) is 52.5 Å². The Morgan fingerprint density at radius 1 is 1.43 bits per heavy atom. The zero-order valence-corrected chi connectivity index (χ0v) is 10.1. The van der Waals surface area contributed by atoms with E-state index in [-0.39, 0.29) is 0 Å². The fourth-order valence-corrected chi connectivity index (χ4v) is 2.19. The normalized spacial score (nSPS) is 24.4. The lowest BCUT2D eigenvalue weighted by Crippen LogP contribution is -2.30. The highest BCUT2D eigenvalue weighted by Gasteiger charge is 2.21. The van der Waals surface area contributed by atoms with Crippen LogP contribution < -0.4 is 5.73 Å². The van der Waals surface area contributed by atoms with Crippen LogP contribution in [0.1, 0.15) is 46.5 Å². The molecule has 84 valence electrons. The molecular formula is C12H26N2. The lowest BCUT2D eigenvalue weighted by Gasteiger charge is -2.25. The zero-order chi connectivity index (χ0) is 10.6. The second-order valence-electron chi connectivity index (χ2n) is 5.50. The number of likely N-dealkylation sites (tertiary alicyclic amines) is 1. The molecule has 0 radical (unpaired) electrons. The van der Waals surface area contributed by atoms with Gasteiger partial charge in [-0.1, -0.05) is 13.8 Å². The minimum Gasteiger partial charge on any atom is -0.330 e. The van der Waals surface area contributed by atoms with Crippen molar-refractivity contribution in [1.82, 2.24) is 4.90 Å². The summed E-state index contributed by atoms with van der Waals surface area (Å²) in [5, 5.41) is 0. The van der Waals surface area contributed by atoms with Gasteiger partial charge in [-0.05, 0) is 57.7 Å². The number of hydrogen-bond acceptors (Lipinski definition) is 2. The average molecular weight is 198 g/mol. The Kier molecular flexibility index (Phi) is 4.39. The van der Waals surface area contributed by atoms with Crippen LogP contribution in [0.4, 0.5) is 0 Å². The minimum absolute atomic E-state index is 0.336. The molecule has 0 aromatic carbocycles. The van der Waals surface area contributed by atoms with Crippen molar-refractivity contribution in [3.63, 3.8) is 0 Å². The largest absolute Gasteiger partial charge is 0.330 e. The summed E-state index contributed by atoms with van der Waals surface area (Å²) in [4.78, 5) is 2.62. The van der Waals surface area contributed by atoms with Crippen molar-refractivity contribution >= 4 is 0 Å². The van der Waals surface area contributed by atoms with E-state index in [1.54, 1.807) is 0 Å². The molecule has 14 heavy (non-hydrogen) atoms. The van der Waals surface area contributed by atoms with Crippen LogP contribution in [0, 0.1) is 5.41 Å². The zero-order valence-electron chi connectivity index (χ0n) is 10.1. The van der Waals surface area contributed by atoms with Crippen LogP contribution in [0.5, 0.6) is 0 Å². The Labute approximate surface area is 88.8 Å². The van der Waals surface area contributed by atoms with E-state index in [2.05, 4.69) is 25.7 Å². The molecule has 0 aromatic rings. The quantitative estimate of drug-likeness (QED) is 0.734. The van der Waals surface area contributed by atoms with Gasteiger partial charge in [0.15, 0.2) is 0 Å². The molecule has 0 bridgehead atoms. The number of rotatable bonds is 5. The highest BCUT2D eigenvalue weighted by atomic mass is 15.2. The van der Waals surface area contributed by atoms with E-state index in [1.165, 1.54) is 38.8 Å². The Hall–Kier alpha value is -0.0800. The monoisotopic (exact) mass is 198 g/mol. The van der Waals surface area contributed by atoms with Crippen LogP contribution in [-0.4, -0.2) is 30.6 Å². The van der Waals surface area contributed by atoms with Gasteiger partial charge in [0.2, 0.25) is 0 Å². The Bertz CT molecular complexity index is 166. The molecular weight excluding hydrogens is 172 g/mol. The van der Waals surface area contributed by atoms with Gasteiger partial charge in [-0.25, -0.2) is 0 Å². The first-order valence-corrected chi connectivity index (χ1v) is 5.99. The fourth-order valence-electron chi connectivity index (χ4n) is 2.19. The van der Waals surface area contributed by atoms with Crippen LogP contribution in [0.3, 0.4) is 0 Å². The summed E-state index contributed by atoms with van der Waals surface area (Å²) in [7, 11) is 0. The number of nitrogens with two attached hydrogens (primary N) is 1. The maximum absolute atomic E-state index is 5.71. The second kappa shape index (κ2) is 5.13. The van der Waals surface area contributed by atoms with E-state index >= 15 is 0 Å². The molecule has 0 amide bonds. The molecule has 2 nitrogen and oxygen atoms in total. The molecule has 1 heterocycles. The van der Waals surface area contributed by atoms with Crippen molar-refractivity contribution < 1.29 is 0 Å². The first-order valence-electron chi connectivity index (χ1n) is 5.99. The summed E-state index contributed by atoms with van der Waals surface area (Å²) < 4.78 is 0. The van der Waals surface area contributed by atoms with Gasteiger partial charge < -0.3 is 10.6 Å². The third-order valence-corrected chi connectivity index (χ3v) is 3.54. The van der Waals surface area contributed by atoms with Crippen molar-refractivity contribution in [2.24, 2.45) is 11.1 Å². The Balaban J connectivity index is 2.15. The molecule has 0 aliphatic carbocycles. The Morgan fingerprint density at radius 2 is 2.14 bits per heavy atom. The number of hydrogen-bond donors (Lipinski definition) is 1. The van der Waals surface area contributed by atoms with Crippen LogP contribution in [0.25, 0.3) is 0 Å². The standard InChI is InChI=1S/C12H26N2/c1-11-6-4-8-14(11)9-5-7-12(2,3)10-13/h11H,4-10,13H2,1-3H3. The molecule has 1 fully saturated rings. The lowest BCUT2D eigenvalue weighted by atomic mass is 9.88. The van der Waals surface area contributed by atoms with Gasteiger partial charge in [0.1, 0.15) is 0 Å². The van der Waals surface area contributed by atoms with Crippen molar-refractivity contribution in [3.8, 4) is 0 Å². The summed E-state index contributed by atoms with van der Waals surface area (Å²) >= 11 is 0. The minimum atomic E-state index is 0.336. The summed E-state index contributed by atoms with van der Waals surface area (Å²) in [6, 6.07) is 0.816. The van der Waals surface area contributed by atoms with Crippen LogP contribution in [0.15, 0.2) is 0 Å². The molecule has 2 heteroatoms. The highest BCUT2D eigenvalue weighted by Crippen LogP contribution is 2.22. The predicted octanol–water partition coefficient (Wildman–Crippen LogP) is 2.24. The lowest BCUT2D eigenvalue weighted by molar-refractivity contribution is 0.239. The maximum Gasteiger partial charge on any atom is 0.00674 e. The van der Waals surface area contributed by atoms with Gasteiger partial charge in [0, 0.05) is 6.04 Å². The second-order valence-corrected chi connectivity index (χ2v) is 5.50. The summed E-state index contributed by atoms with van der Waals surface area (Å²) in [6.45, 7) is 10.3. The summed E-state index contributed by atoms with van der Waals surface area (Å²) in [5.41, 5.74) is 6.05. The molecule has 0 spiro atoms. The first-order chi connectivity index (χ1) is 6.55. The van der Waals surface area contributed by atoms with Crippen molar-refractivity contribution in [1.29, 1.82) is 0 Å². The molecule has 1 unspecified atom stereocenters. The van der Waals surface area contributed by atoms with Gasteiger partial charge in [0.25, 0.3) is 0 Å². The van der Waals surface area contributed by atoms with Gasteiger partial charge in [-0.2, -0.15) is 0 Å². The van der Waals surface area contributed by atoms with Gasteiger partial charge in [0.05, 0.1) is 0 Å². The first kappa shape index (κ1) is 12.0. The van der Waals surface area contributed by atoms with Gasteiger partial charge >= 0.3 is 0 Å². The third-order valence-electron chi connectivity index (χ3n) is 3.54. The molecule has 1 aliphatic rings. The molecule has 1 aliphatic heterocycles. The molecule has 1 saturated heterocycles. The van der Waals surface area contributed by atoms with Crippen molar-refractivity contribution in [3.05, 3.63) is 0 Å². The van der Waals surface area contributed by atoms with E-state index < -0.39 is 0 Å². The topological polar surface area (TPSA) is 29.3 Å². The number of nitrogens with zero attached hydrogens (tertiary/aromatic N) is 1. The fraction of sp³-hybridized carbons (Fsp3) is 1.00. The van der Waals surface area contributed by atoms with E-state index in [9.17, 15) is 0 Å². The van der Waals surface area contributed by atoms with Gasteiger partial charge in [-0.15, -0.1) is 0 Å². The highest BCUT2D eigenvalue weighted by molar-refractivity contribution is 4.76. The SMILES string of the molecule is CC1CCCN1CCCC(C)(C)CN. The van der Waals surface area contributed by atoms with E-state index in [4.69, 9.17) is 5.73 Å². The predicted molar refractivity (Wildman–Crippen MR) is 62.3 cm³/mol. The average Bonchev–Trinajstić information content (AvgIpc) is 2.52. The van der Waals surface area contributed by atoms with Crippen molar-refractivity contribution in [2.75, 3.05) is 19.6 Å². The molecule has 0 saturated carbocycles. The molecule has 1 atom stereocenters. The smallest absolute Gasteiger partial charge is 0.00674 e. The van der Waals surface area contributed by atoms with E-state index in [0.717, 1.165) is 12.6 Å². The summed E-state index contributed by atoms with van der Waals surface area (Å²) in [5.74, 6) is 0.